The van der Waals surface area contributed by atoms with Gasteiger partial charge in [0.1, 0.15) is 5.84 Å². The third-order valence-corrected chi connectivity index (χ3v) is 2.12. The second-order valence-electron chi connectivity index (χ2n) is 5.32. The van der Waals surface area contributed by atoms with Gasteiger partial charge >= 0.3 is 0 Å². The summed E-state index contributed by atoms with van der Waals surface area (Å²) in [6.07, 6.45) is 0.502. The minimum Gasteiger partial charge on any atom is -0.384 e. The van der Waals surface area contributed by atoms with E-state index in [-0.39, 0.29) is 18.1 Å². The molecule has 0 fully saturated rings. The van der Waals surface area contributed by atoms with Crippen molar-refractivity contribution in [3.8, 4) is 0 Å². The number of amidine groups is 1. The summed E-state index contributed by atoms with van der Waals surface area (Å²) < 4.78 is 0. The Morgan fingerprint density at radius 3 is 2.53 bits per heavy atom. The molecule has 104 valence electrons. The maximum Gasteiger partial charge on any atom is 0.261 e. The number of hydrogen-bond acceptors (Lipinski definition) is 3. The fourth-order valence-electron chi connectivity index (χ4n) is 1.47. The van der Waals surface area contributed by atoms with Crippen molar-refractivity contribution < 1.29 is 9.63 Å². The van der Waals surface area contributed by atoms with Crippen molar-refractivity contribution in [2.45, 2.75) is 32.7 Å². The lowest BCUT2D eigenvalue weighted by molar-refractivity contribution is -0.127. The SMILES string of the molecule is CC(C)(C)NC(=O)CO/N=C(\N)Cc1ccccc1. The van der Waals surface area contributed by atoms with E-state index in [2.05, 4.69) is 10.5 Å². The highest BCUT2D eigenvalue weighted by Crippen LogP contribution is 2.00. The molecule has 1 aromatic carbocycles. The number of benzene rings is 1. The van der Waals surface area contributed by atoms with Gasteiger partial charge in [0.2, 0.25) is 0 Å². The molecule has 0 aliphatic rings. The van der Waals surface area contributed by atoms with Gasteiger partial charge in [-0.05, 0) is 26.3 Å². The molecular formula is C14H21N3O2. The lowest BCUT2D eigenvalue weighted by atomic mass is 10.1. The van der Waals surface area contributed by atoms with E-state index in [1.807, 2.05) is 51.1 Å². The topological polar surface area (TPSA) is 76.7 Å². The van der Waals surface area contributed by atoms with Crippen molar-refractivity contribution in [3.63, 3.8) is 0 Å². The van der Waals surface area contributed by atoms with Crippen molar-refractivity contribution in [3.05, 3.63) is 35.9 Å². The molecule has 0 saturated carbocycles. The van der Waals surface area contributed by atoms with Crippen LogP contribution in [0.5, 0.6) is 0 Å². The molecule has 0 saturated heterocycles. The molecule has 1 amide bonds. The summed E-state index contributed by atoms with van der Waals surface area (Å²) in [6, 6.07) is 9.70. The van der Waals surface area contributed by atoms with Crippen LogP contribution in [0, 0.1) is 0 Å². The zero-order valence-electron chi connectivity index (χ0n) is 11.6. The first-order valence-electron chi connectivity index (χ1n) is 6.16. The van der Waals surface area contributed by atoms with Crippen LogP contribution in [0.25, 0.3) is 0 Å². The highest BCUT2D eigenvalue weighted by Gasteiger charge is 2.13. The van der Waals surface area contributed by atoms with E-state index in [0.29, 0.717) is 12.3 Å². The standard InChI is InChI=1S/C14H21N3O2/c1-14(2,3)16-13(18)10-19-17-12(15)9-11-7-5-4-6-8-11/h4-8H,9-10H2,1-3H3,(H2,15,17)(H,16,18). The van der Waals surface area contributed by atoms with Crippen molar-refractivity contribution >= 4 is 11.7 Å². The number of carbonyl (C=O) groups is 1. The molecule has 0 aromatic heterocycles. The quantitative estimate of drug-likeness (QED) is 0.479. The monoisotopic (exact) mass is 263 g/mol. The van der Waals surface area contributed by atoms with E-state index in [1.54, 1.807) is 0 Å². The van der Waals surface area contributed by atoms with Crippen molar-refractivity contribution in [2.75, 3.05) is 6.61 Å². The Labute approximate surface area is 113 Å². The van der Waals surface area contributed by atoms with Gasteiger partial charge in [0.25, 0.3) is 5.91 Å². The molecule has 0 aliphatic heterocycles. The smallest absolute Gasteiger partial charge is 0.261 e. The number of carbonyl (C=O) groups excluding carboxylic acids is 1. The van der Waals surface area contributed by atoms with Crippen molar-refractivity contribution in [1.82, 2.24) is 5.32 Å². The molecule has 5 heteroatoms. The summed E-state index contributed by atoms with van der Waals surface area (Å²) in [5.74, 6) is 0.124. The van der Waals surface area contributed by atoms with E-state index in [9.17, 15) is 4.79 Å². The van der Waals surface area contributed by atoms with Gasteiger partial charge in [0, 0.05) is 12.0 Å². The fraction of sp³-hybridized carbons (Fsp3) is 0.429. The maximum absolute atomic E-state index is 11.5. The lowest BCUT2D eigenvalue weighted by Crippen LogP contribution is -2.42. The number of amides is 1. The zero-order valence-corrected chi connectivity index (χ0v) is 11.6. The summed E-state index contributed by atoms with van der Waals surface area (Å²) in [7, 11) is 0. The Morgan fingerprint density at radius 1 is 1.32 bits per heavy atom. The summed E-state index contributed by atoms with van der Waals surface area (Å²) in [4.78, 5) is 16.4. The highest BCUT2D eigenvalue weighted by atomic mass is 16.6. The van der Waals surface area contributed by atoms with Crippen LogP contribution in [-0.4, -0.2) is 23.9 Å². The van der Waals surface area contributed by atoms with E-state index in [1.165, 1.54) is 0 Å². The average Bonchev–Trinajstić information content (AvgIpc) is 2.27. The van der Waals surface area contributed by atoms with Crippen LogP contribution in [-0.2, 0) is 16.1 Å². The van der Waals surface area contributed by atoms with E-state index in [4.69, 9.17) is 10.6 Å². The zero-order chi connectivity index (χ0) is 14.3. The lowest BCUT2D eigenvalue weighted by Gasteiger charge is -2.19. The first-order valence-corrected chi connectivity index (χ1v) is 6.16. The highest BCUT2D eigenvalue weighted by molar-refractivity contribution is 5.82. The Hall–Kier alpha value is -2.04. The van der Waals surface area contributed by atoms with Gasteiger partial charge in [-0.3, -0.25) is 4.79 Å². The summed E-state index contributed by atoms with van der Waals surface area (Å²) in [5.41, 5.74) is 6.48. The van der Waals surface area contributed by atoms with Crippen LogP contribution in [0.1, 0.15) is 26.3 Å². The molecular weight excluding hydrogens is 242 g/mol. The van der Waals surface area contributed by atoms with Gasteiger partial charge in [-0.2, -0.15) is 0 Å². The minimum atomic E-state index is -0.278. The second-order valence-corrected chi connectivity index (χ2v) is 5.32. The molecule has 0 aliphatic carbocycles. The predicted molar refractivity (Wildman–Crippen MR) is 75.6 cm³/mol. The Bertz CT molecular complexity index is 436. The van der Waals surface area contributed by atoms with E-state index >= 15 is 0 Å². The molecule has 1 rings (SSSR count). The summed E-state index contributed by atoms with van der Waals surface area (Å²) >= 11 is 0. The second kappa shape index (κ2) is 6.78. The first kappa shape index (κ1) is 15.0. The summed E-state index contributed by atoms with van der Waals surface area (Å²) in [5, 5.41) is 6.49. The molecule has 19 heavy (non-hydrogen) atoms. The number of nitrogens with one attached hydrogen (secondary N) is 1. The van der Waals surface area contributed by atoms with Crippen LogP contribution in [0.4, 0.5) is 0 Å². The van der Waals surface area contributed by atoms with E-state index < -0.39 is 0 Å². The number of nitrogens with two attached hydrogens (primary N) is 1. The van der Waals surface area contributed by atoms with Gasteiger partial charge in [-0.15, -0.1) is 0 Å². The molecule has 0 atom stereocenters. The van der Waals surface area contributed by atoms with Gasteiger partial charge in [0.05, 0.1) is 0 Å². The van der Waals surface area contributed by atoms with E-state index in [0.717, 1.165) is 5.56 Å². The summed E-state index contributed by atoms with van der Waals surface area (Å²) in [6.45, 7) is 5.57. The molecule has 5 nitrogen and oxygen atoms in total. The molecule has 0 bridgehead atoms. The molecule has 0 heterocycles. The predicted octanol–water partition coefficient (Wildman–Crippen LogP) is 1.43. The maximum atomic E-state index is 11.5. The number of oxime groups is 1. The first-order chi connectivity index (χ1) is 8.87. The Morgan fingerprint density at radius 2 is 1.95 bits per heavy atom. The van der Waals surface area contributed by atoms with Crippen LogP contribution >= 0.6 is 0 Å². The number of nitrogens with zero attached hydrogens (tertiary/aromatic N) is 1. The van der Waals surface area contributed by atoms with Crippen LogP contribution in [0.15, 0.2) is 35.5 Å². The van der Waals surface area contributed by atoms with Crippen molar-refractivity contribution in [2.24, 2.45) is 10.9 Å². The third kappa shape index (κ3) is 7.08. The molecule has 0 unspecified atom stereocenters. The Balaban J connectivity index is 2.34. The van der Waals surface area contributed by atoms with Crippen LogP contribution in [0.3, 0.4) is 0 Å². The minimum absolute atomic E-state index is 0.132. The number of hydrogen-bond donors (Lipinski definition) is 2. The number of rotatable bonds is 5. The normalized spacial score (nSPS) is 12.1. The van der Waals surface area contributed by atoms with Gasteiger partial charge in [-0.1, -0.05) is 35.5 Å². The molecule has 0 radical (unpaired) electrons. The third-order valence-electron chi connectivity index (χ3n) is 2.12. The largest absolute Gasteiger partial charge is 0.384 e. The average molecular weight is 263 g/mol. The van der Waals surface area contributed by atoms with Gasteiger partial charge in [0.15, 0.2) is 6.61 Å². The molecule has 3 N–H and O–H groups in total. The molecule has 1 aromatic rings. The molecule has 0 spiro atoms. The van der Waals surface area contributed by atoms with Gasteiger partial charge in [-0.25, -0.2) is 0 Å². The van der Waals surface area contributed by atoms with Gasteiger partial charge < -0.3 is 15.9 Å². The fourth-order valence-corrected chi connectivity index (χ4v) is 1.47. The van der Waals surface area contributed by atoms with Crippen LogP contribution < -0.4 is 11.1 Å². The Kier molecular flexibility index (Phi) is 5.36. The van der Waals surface area contributed by atoms with Crippen LogP contribution in [0.2, 0.25) is 0 Å². The van der Waals surface area contributed by atoms with Crippen molar-refractivity contribution in [1.29, 1.82) is 0 Å².